The van der Waals surface area contributed by atoms with Gasteiger partial charge in [0.2, 0.25) is 0 Å². The smallest absolute Gasteiger partial charge is 0.338 e. The van der Waals surface area contributed by atoms with E-state index in [0.717, 1.165) is 20.8 Å². The maximum absolute atomic E-state index is 12.9. The summed E-state index contributed by atoms with van der Waals surface area (Å²) in [7, 11) is 0. The van der Waals surface area contributed by atoms with Crippen LogP contribution >= 0.6 is 11.3 Å². The van der Waals surface area contributed by atoms with Gasteiger partial charge in [-0.25, -0.2) is 9.78 Å². The number of fused-ring (bicyclic) bond motifs is 1. The molecule has 0 saturated carbocycles. The summed E-state index contributed by atoms with van der Waals surface area (Å²) in [5.41, 5.74) is 2.31. The molecule has 0 aliphatic carbocycles. The van der Waals surface area contributed by atoms with E-state index in [4.69, 9.17) is 4.74 Å². The second-order valence-electron chi connectivity index (χ2n) is 5.93. The van der Waals surface area contributed by atoms with Crippen molar-refractivity contribution in [2.75, 3.05) is 6.61 Å². The SMILES string of the molecule is CCOC(=O)c1cccc(Cn2c(C)nc3sc(C)c(C)c3c2=O)c1. The Hall–Kier alpha value is -2.47. The highest BCUT2D eigenvalue weighted by molar-refractivity contribution is 7.18. The molecule has 0 N–H and O–H groups in total. The van der Waals surface area contributed by atoms with E-state index >= 15 is 0 Å². The van der Waals surface area contributed by atoms with Gasteiger partial charge in [-0.1, -0.05) is 12.1 Å². The van der Waals surface area contributed by atoms with E-state index in [1.54, 1.807) is 41.0 Å². The van der Waals surface area contributed by atoms with Crippen molar-refractivity contribution < 1.29 is 9.53 Å². The maximum atomic E-state index is 12.9. The third kappa shape index (κ3) is 3.22. The lowest BCUT2D eigenvalue weighted by Crippen LogP contribution is -2.24. The summed E-state index contributed by atoms with van der Waals surface area (Å²) in [5.74, 6) is 0.312. The minimum Gasteiger partial charge on any atom is -0.462 e. The molecule has 2 heterocycles. The van der Waals surface area contributed by atoms with Gasteiger partial charge in [0.25, 0.3) is 5.56 Å². The molecular weight excluding hydrogens is 336 g/mol. The molecule has 0 spiro atoms. The van der Waals surface area contributed by atoms with Crippen molar-refractivity contribution in [3.63, 3.8) is 0 Å². The molecule has 3 aromatic rings. The van der Waals surface area contributed by atoms with Crippen molar-refractivity contribution >= 4 is 27.5 Å². The average molecular weight is 356 g/mol. The van der Waals surface area contributed by atoms with Crippen LogP contribution in [-0.4, -0.2) is 22.1 Å². The van der Waals surface area contributed by atoms with E-state index in [9.17, 15) is 9.59 Å². The Morgan fingerprint density at radius 1 is 1.28 bits per heavy atom. The molecule has 5 nitrogen and oxygen atoms in total. The number of hydrogen-bond acceptors (Lipinski definition) is 5. The maximum Gasteiger partial charge on any atom is 0.338 e. The molecule has 0 saturated heterocycles. The van der Waals surface area contributed by atoms with Crippen molar-refractivity contribution in [1.82, 2.24) is 9.55 Å². The zero-order chi connectivity index (χ0) is 18.1. The third-order valence-corrected chi connectivity index (χ3v) is 5.36. The molecule has 0 aliphatic heterocycles. The first-order valence-corrected chi connectivity index (χ1v) is 8.97. The van der Waals surface area contributed by atoms with Crippen LogP contribution in [0.3, 0.4) is 0 Å². The number of aromatic nitrogens is 2. The highest BCUT2D eigenvalue weighted by Crippen LogP contribution is 2.26. The molecule has 0 aliphatic rings. The van der Waals surface area contributed by atoms with Gasteiger partial charge in [-0.05, 0) is 51.0 Å². The normalized spacial score (nSPS) is 11.0. The first kappa shape index (κ1) is 17.4. The zero-order valence-corrected chi connectivity index (χ0v) is 15.6. The fourth-order valence-corrected chi connectivity index (χ4v) is 3.87. The zero-order valence-electron chi connectivity index (χ0n) is 14.8. The van der Waals surface area contributed by atoms with Crippen LogP contribution in [0.25, 0.3) is 10.2 Å². The van der Waals surface area contributed by atoms with Crippen LogP contribution in [-0.2, 0) is 11.3 Å². The molecular formula is C19H20N2O3S. The van der Waals surface area contributed by atoms with Gasteiger partial charge in [-0.3, -0.25) is 9.36 Å². The lowest BCUT2D eigenvalue weighted by molar-refractivity contribution is 0.0526. The molecule has 1 aromatic carbocycles. The van der Waals surface area contributed by atoms with Gasteiger partial charge in [0.1, 0.15) is 10.7 Å². The standard InChI is InChI=1S/C19H20N2O3S/c1-5-24-19(23)15-8-6-7-14(9-15)10-21-13(4)20-17-16(18(21)22)11(2)12(3)25-17/h6-9H,5,10H2,1-4H3. The van der Waals surface area contributed by atoms with Crippen LogP contribution in [0.2, 0.25) is 0 Å². The Morgan fingerprint density at radius 3 is 2.76 bits per heavy atom. The Kier molecular flexibility index (Phi) is 4.72. The van der Waals surface area contributed by atoms with Crippen LogP contribution in [0.1, 0.15) is 39.1 Å². The fourth-order valence-electron chi connectivity index (χ4n) is 2.81. The number of aryl methyl sites for hydroxylation is 3. The third-order valence-electron chi connectivity index (χ3n) is 4.26. The Bertz CT molecular complexity index is 1020. The second-order valence-corrected chi connectivity index (χ2v) is 7.14. The van der Waals surface area contributed by atoms with Gasteiger partial charge in [-0.15, -0.1) is 11.3 Å². The van der Waals surface area contributed by atoms with Gasteiger partial charge in [0.05, 0.1) is 24.1 Å². The summed E-state index contributed by atoms with van der Waals surface area (Å²) >= 11 is 1.55. The fraction of sp³-hybridized carbons (Fsp3) is 0.316. The van der Waals surface area contributed by atoms with Gasteiger partial charge >= 0.3 is 5.97 Å². The Labute approximate surface area is 149 Å². The van der Waals surface area contributed by atoms with Gasteiger partial charge in [0.15, 0.2) is 0 Å². The van der Waals surface area contributed by atoms with Crippen molar-refractivity contribution in [1.29, 1.82) is 0 Å². The molecule has 0 unspecified atom stereocenters. The Balaban J connectivity index is 2.04. The lowest BCUT2D eigenvalue weighted by Gasteiger charge is -2.11. The second kappa shape index (κ2) is 6.80. The highest BCUT2D eigenvalue weighted by Gasteiger charge is 2.15. The van der Waals surface area contributed by atoms with Crippen LogP contribution in [0.15, 0.2) is 29.1 Å². The van der Waals surface area contributed by atoms with Crippen LogP contribution < -0.4 is 5.56 Å². The van der Waals surface area contributed by atoms with E-state index in [1.807, 2.05) is 26.8 Å². The molecule has 6 heteroatoms. The predicted molar refractivity (Wildman–Crippen MR) is 99.6 cm³/mol. The van der Waals surface area contributed by atoms with Crippen molar-refractivity contribution in [3.05, 3.63) is 62.0 Å². The number of carbonyl (C=O) groups excluding carboxylic acids is 1. The van der Waals surface area contributed by atoms with Crippen LogP contribution in [0.4, 0.5) is 0 Å². The van der Waals surface area contributed by atoms with Gasteiger partial charge in [0, 0.05) is 4.88 Å². The summed E-state index contributed by atoms with van der Waals surface area (Å²) in [5, 5.41) is 0.689. The number of carbonyl (C=O) groups is 1. The average Bonchev–Trinajstić information content (AvgIpc) is 2.86. The van der Waals surface area contributed by atoms with Crippen molar-refractivity contribution in [3.8, 4) is 0 Å². The lowest BCUT2D eigenvalue weighted by atomic mass is 10.1. The van der Waals surface area contributed by atoms with E-state index in [2.05, 4.69) is 4.98 Å². The first-order chi connectivity index (χ1) is 11.9. The number of nitrogens with zero attached hydrogens (tertiary/aromatic N) is 2. The molecule has 130 valence electrons. The number of ether oxygens (including phenoxy) is 1. The molecule has 3 rings (SSSR count). The predicted octanol–water partition coefficient (Wildman–Crippen LogP) is 3.61. The highest BCUT2D eigenvalue weighted by atomic mass is 32.1. The van der Waals surface area contributed by atoms with Crippen LogP contribution in [0, 0.1) is 20.8 Å². The van der Waals surface area contributed by atoms with Gasteiger partial charge in [-0.2, -0.15) is 0 Å². The van der Waals surface area contributed by atoms with Crippen LogP contribution in [0.5, 0.6) is 0 Å². The molecule has 0 fully saturated rings. The quantitative estimate of drug-likeness (QED) is 0.670. The number of thiophene rings is 1. The molecule has 2 aromatic heterocycles. The molecule has 0 amide bonds. The largest absolute Gasteiger partial charge is 0.462 e. The molecule has 25 heavy (non-hydrogen) atoms. The van der Waals surface area contributed by atoms with E-state index in [0.29, 0.717) is 29.9 Å². The molecule has 0 atom stereocenters. The number of hydrogen-bond donors (Lipinski definition) is 0. The van der Waals surface area contributed by atoms with Gasteiger partial charge < -0.3 is 4.74 Å². The van der Waals surface area contributed by atoms with Crippen molar-refractivity contribution in [2.45, 2.75) is 34.2 Å². The minimum absolute atomic E-state index is 0.0362. The monoisotopic (exact) mass is 356 g/mol. The number of rotatable bonds is 4. The summed E-state index contributed by atoms with van der Waals surface area (Å²) < 4.78 is 6.70. The summed E-state index contributed by atoms with van der Waals surface area (Å²) in [6, 6.07) is 7.17. The molecule has 0 bridgehead atoms. The number of esters is 1. The van der Waals surface area contributed by atoms with E-state index in [-0.39, 0.29) is 11.5 Å². The van der Waals surface area contributed by atoms with E-state index < -0.39 is 0 Å². The topological polar surface area (TPSA) is 61.2 Å². The van der Waals surface area contributed by atoms with E-state index in [1.165, 1.54) is 0 Å². The Morgan fingerprint density at radius 2 is 2.04 bits per heavy atom. The summed E-state index contributed by atoms with van der Waals surface area (Å²) in [6.45, 7) is 8.27. The van der Waals surface area contributed by atoms with Crippen molar-refractivity contribution in [2.24, 2.45) is 0 Å². The summed E-state index contributed by atoms with van der Waals surface area (Å²) in [4.78, 5) is 31.3. The molecule has 0 radical (unpaired) electrons. The minimum atomic E-state index is -0.355. The first-order valence-electron chi connectivity index (χ1n) is 8.15. The summed E-state index contributed by atoms with van der Waals surface area (Å²) in [6.07, 6.45) is 0. The number of benzene rings is 1.